The van der Waals surface area contributed by atoms with E-state index in [0.717, 1.165) is 17.4 Å². The highest BCUT2D eigenvalue weighted by Gasteiger charge is 2.23. The third kappa shape index (κ3) is 3.67. The lowest BCUT2D eigenvalue weighted by Crippen LogP contribution is -2.20. The molecule has 0 bridgehead atoms. The smallest absolute Gasteiger partial charge is 0.169 e. The Balaban J connectivity index is 3.08. The van der Waals surface area contributed by atoms with Gasteiger partial charge in [0.2, 0.25) is 0 Å². The molecule has 0 aliphatic heterocycles. The number of carbonyl (C=O) groups is 1. The predicted octanol–water partition coefficient (Wildman–Crippen LogP) is 1.52. The maximum atomic E-state index is 11.8. The van der Waals surface area contributed by atoms with Crippen LogP contribution in [-0.2, 0) is 14.6 Å². The topological polar surface area (TPSA) is 75.0 Å². The Morgan fingerprint density at radius 2 is 1.94 bits per heavy atom. The summed E-state index contributed by atoms with van der Waals surface area (Å²) in [5.41, 5.74) is 2.58. The molecule has 0 heterocycles. The van der Waals surface area contributed by atoms with Crippen molar-refractivity contribution in [1.29, 1.82) is 5.26 Å². The highest BCUT2D eigenvalue weighted by molar-refractivity contribution is 7.91. The number of hydrogen-bond donors (Lipinski definition) is 0. The number of Topliss-reactive ketones (excluding diaryl/α,β-unsaturated/α-hetero) is 1. The lowest BCUT2D eigenvalue weighted by molar-refractivity contribution is -0.116. The Kier molecular flexibility index (Phi) is 4.25. The first-order valence-electron chi connectivity index (χ1n) is 5.42. The van der Waals surface area contributed by atoms with Gasteiger partial charge in [-0.05, 0) is 30.5 Å². The molecule has 18 heavy (non-hydrogen) atoms. The molecule has 0 aliphatic rings. The van der Waals surface area contributed by atoms with Crippen molar-refractivity contribution in [3.8, 4) is 6.07 Å². The average molecular weight is 265 g/mol. The first kappa shape index (κ1) is 14.4. The Morgan fingerprint density at radius 1 is 1.33 bits per heavy atom. The molecule has 0 saturated heterocycles. The molecule has 0 radical (unpaired) electrons. The van der Waals surface area contributed by atoms with E-state index in [1.54, 1.807) is 12.1 Å². The molecule has 5 heteroatoms. The zero-order valence-corrected chi connectivity index (χ0v) is 11.4. The third-order valence-electron chi connectivity index (χ3n) is 2.72. The quantitative estimate of drug-likeness (QED) is 0.827. The Bertz CT molecular complexity index is 612. The maximum Gasteiger partial charge on any atom is 0.169 e. The summed E-state index contributed by atoms with van der Waals surface area (Å²) in [6.45, 7) is 3.81. The van der Waals surface area contributed by atoms with Crippen LogP contribution in [0.25, 0.3) is 0 Å². The number of benzene rings is 1. The van der Waals surface area contributed by atoms with Crippen LogP contribution in [0.15, 0.2) is 18.2 Å². The molecule has 1 aromatic carbocycles. The summed E-state index contributed by atoms with van der Waals surface area (Å²) in [4.78, 5) is 11.8. The van der Waals surface area contributed by atoms with Crippen LogP contribution in [0.3, 0.4) is 0 Å². The van der Waals surface area contributed by atoms with Gasteiger partial charge in [-0.2, -0.15) is 5.26 Å². The van der Waals surface area contributed by atoms with Crippen LogP contribution >= 0.6 is 0 Å². The van der Waals surface area contributed by atoms with E-state index in [-0.39, 0.29) is 0 Å². The second-order valence-corrected chi connectivity index (χ2v) is 6.58. The summed E-state index contributed by atoms with van der Waals surface area (Å²) in [6, 6.07) is 7.14. The number of carbonyl (C=O) groups excluding carboxylic acids is 1. The van der Waals surface area contributed by atoms with Gasteiger partial charge in [-0.1, -0.05) is 18.2 Å². The van der Waals surface area contributed by atoms with Crippen molar-refractivity contribution in [2.45, 2.75) is 19.8 Å². The Hall–Kier alpha value is -1.67. The molecular weight excluding hydrogens is 250 g/mol. The lowest BCUT2D eigenvalue weighted by Gasteiger charge is -2.10. The van der Waals surface area contributed by atoms with E-state index in [1.807, 2.05) is 26.0 Å². The van der Waals surface area contributed by atoms with Crippen molar-refractivity contribution in [3.63, 3.8) is 0 Å². The van der Waals surface area contributed by atoms with Crippen LogP contribution < -0.4 is 0 Å². The summed E-state index contributed by atoms with van der Waals surface area (Å²) >= 11 is 0. The molecule has 1 unspecified atom stereocenters. The van der Waals surface area contributed by atoms with Gasteiger partial charge < -0.3 is 0 Å². The number of aryl methyl sites for hydroxylation is 2. The fourth-order valence-electron chi connectivity index (χ4n) is 1.62. The van der Waals surface area contributed by atoms with Crippen molar-refractivity contribution in [2.75, 3.05) is 12.0 Å². The third-order valence-corrected chi connectivity index (χ3v) is 3.53. The maximum absolute atomic E-state index is 11.8. The zero-order valence-electron chi connectivity index (χ0n) is 10.6. The minimum Gasteiger partial charge on any atom is -0.297 e. The van der Waals surface area contributed by atoms with E-state index in [1.165, 1.54) is 0 Å². The van der Waals surface area contributed by atoms with Crippen molar-refractivity contribution >= 4 is 15.6 Å². The molecule has 4 nitrogen and oxygen atoms in total. The fourth-order valence-corrected chi connectivity index (χ4v) is 2.30. The van der Waals surface area contributed by atoms with Crippen molar-refractivity contribution in [1.82, 2.24) is 0 Å². The molecule has 0 fully saturated rings. The standard InChI is InChI=1S/C13H15NO3S/c1-9-4-5-11(6-10(9)2)12(7-14)13(15)8-18(3,16)17/h4-6,12H,8H2,1-3H3. The highest BCUT2D eigenvalue weighted by atomic mass is 32.2. The van der Waals surface area contributed by atoms with E-state index in [9.17, 15) is 13.2 Å². The number of nitriles is 1. The van der Waals surface area contributed by atoms with Gasteiger partial charge in [0.1, 0.15) is 11.7 Å². The van der Waals surface area contributed by atoms with Gasteiger partial charge in [-0.15, -0.1) is 0 Å². The van der Waals surface area contributed by atoms with Crippen LogP contribution in [0.2, 0.25) is 0 Å². The molecule has 1 rings (SSSR count). The van der Waals surface area contributed by atoms with Gasteiger partial charge in [0.05, 0.1) is 6.07 Å². The molecule has 0 aromatic heterocycles. The van der Waals surface area contributed by atoms with Gasteiger partial charge in [0.25, 0.3) is 0 Å². The van der Waals surface area contributed by atoms with Gasteiger partial charge in [0.15, 0.2) is 15.6 Å². The first-order valence-corrected chi connectivity index (χ1v) is 7.48. The summed E-state index contributed by atoms with van der Waals surface area (Å²) in [6.07, 6.45) is 0.986. The van der Waals surface area contributed by atoms with Crippen LogP contribution in [0, 0.1) is 25.2 Å². The van der Waals surface area contributed by atoms with Crippen molar-refractivity contribution in [2.24, 2.45) is 0 Å². The number of rotatable bonds is 4. The van der Waals surface area contributed by atoms with Crippen molar-refractivity contribution in [3.05, 3.63) is 34.9 Å². The second-order valence-electron chi connectivity index (χ2n) is 4.44. The Labute approximate surface area is 107 Å². The monoisotopic (exact) mass is 265 g/mol. The lowest BCUT2D eigenvalue weighted by atomic mass is 9.94. The molecule has 0 saturated carbocycles. The molecule has 1 atom stereocenters. The predicted molar refractivity (Wildman–Crippen MR) is 69.0 cm³/mol. The molecule has 1 aromatic rings. The summed E-state index contributed by atoms with van der Waals surface area (Å²) in [7, 11) is -3.41. The van der Waals surface area contributed by atoms with Crippen LogP contribution in [0.5, 0.6) is 0 Å². The van der Waals surface area contributed by atoms with Gasteiger partial charge in [-0.25, -0.2) is 8.42 Å². The zero-order chi connectivity index (χ0) is 13.9. The minimum atomic E-state index is -3.41. The minimum absolute atomic E-state index is 0.550. The molecule has 0 amide bonds. The van der Waals surface area contributed by atoms with E-state index in [0.29, 0.717) is 5.56 Å². The van der Waals surface area contributed by atoms with Gasteiger partial charge in [0, 0.05) is 6.26 Å². The average Bonchev–Trinajstić information content (AvgIpc) is 2.21. The molecular formula is C13H15NO3S. The normalized spacial score (nSPS) is 12.8. The van der Waals surface area contributed by atoms with E-state index < -0.39 is 27.3 Å². The van der Waals surface area contributed by atoms with Crippen LogP contribution in [0.4, 0.5) is 0 Å². The van der Waals surface area contributed by atoms with E-state index in [4.69, 9.17) is 5.26 Å². The number of sulfone groups is 1. The fraction of sp³-hybridized carbons (Fsp3) is 0.385. The highest BCUT2D eigenvalue weighted by Crippen LogP contribution is 2.20. The number of nitrogens with zero attached hydrogens (tertiary/aromatic N) is 1. The Morgan fingerprint density at radius 3 is 2.39 bits per heavy atom. The summed E-state index contributed by atoms with van der Waals surface area (Å²) in [5.74, 6) is -2.19. The molecule has 96 valence electrons. The molecule has 0 spiro atoms. The van der Waals surface area contributed by atoms with E-state index >= 15 is 0 Å². The largest absolute Gasteiger partial charge is 0.297 e. The summed E-state index contributed by atoms with van der Waals surface area (Å²) in [5, 5.41) is 9.04. The SMILES string of the molecule is Cc1ccc(C(C#N)C(=O)CS(C)(=O)=O)cc1C. The van der Waals surface area contributed by atoms with Crippen LogP contribution in [0.1, 0.15) is 22.6 Å². The molecule has 0 N–H and O–H groups in total. The van der Waals surface area contributed by atoms with Crippen LogP contribution in [-0.4, -0.2) is 26.2 Å². The number of ketones is 1. The number of hydrogen-bond acceptors (Lipinski definition) is 4. The summed E-state index contributed by atoms with van der Waals surface area (Å²) < 4.78 is 22.2. The van der Waals surface area contributed by atoms with Gasteiger partial charge in [-0.3, -0.25) is 4.79 Å². The van der Waals surface area contributed by atoms with Gasteiger partial charge >= 0.3 is 0 Å². The van der Waals surface area contributed by atoms with Crippen molar-refractivity contribution < 1.29 is 13.2 Å². The molecule has 0 aliphatic carbocycles. The first-order chi connectivity index (χ1) is 8.24. The van der Waals surface area contributed by atoms with E-state index in [2.05, 4.69) is 0 Å². The second kappa shape index (κ2) is 5.32.